The van der Waals surface area contributed by atoms with E-state index in [0.29, 0.717) is 5.56 Å². The van der Waals surface area contributed by atoms with Gasteiger partial charge in [-0.3, -0.25) is 0 Å². The molecule has 0 radical (unpaired) electrons. The lowest BCUT2D eigenvalue weighted by Crippen LogP contribution is -2.41. The average Bonchev–Trinajstić information content (AvgIpc) is 2.28. The van der Waals surface area contributed by atoms with E-state index in [1.54, 1.807) is 6.92 Å². The summed E-state index contributed by atoms with van der Waals surface area (Å²) in [6.45, 7) is 1.58. The summed E-state index contributed by atoms with van der Waals surface area (Å²) >= 11 is 3.00. The fourth-order valence-electron chi connectivity index (χ4n) is 1.80. The number of aliphatic hydroxyl groups is 1. The van der Waals surface area contributed by atoms with E-state index in [1.165, 1.54) is 6.07 Å². The van der Waals surface area contributed by atoms with Gasteiger partial charge in [0, 0.05) is 10.0 Å². The van der Waals surface area contributed by atoms with E-state index >= 15 is 0 Å². The minimum Gasteiger partial charge on any atom is -0.496 e. The van der Waals surface area contributed by atoms with Crippen molar-refractivity contribution in [2.24, 2.45) is 5.92 Å². The lowest BCUT2D eigenvalue weighted by atomic mass is 9.93. The number of aryl methyl sites for hydroxylation is 1. The molecular weight excluding hydrogens is 370 g/mol. The first kappa shape index (κ1) is 18.1. The van der Waals surface area contributed by atoms with Gasteiger partial charge in [0.25, 0.3) is 0 Å². The molecule has 0 aromatic heterocycles. The maximum absolute atomic E-state index is 12.6. The highest BCUT2D eigenvalue weighted by Crippen LogP contribution is 2.48. The van der Waals surface area contributed by atoms with Gasteiger partial charge in [0.15, 0.2) is 5.92 Å². The summed E-state index contributed by atoms with van der Waals surface area (Å²) in [5, 5.41) is 9.64. The molecule has 0 heterocycles. The van der Waals surface area contributed by atoms with Gasteiger partial charge in [-0.25, -0.2) is 0 Å². The fourth-order valence-corrected chi connectivity index (χ4v) is 2.16. The number of ether oxygens (including phenoxy) is 1. The molecular formula is C12H11BrF6O2. The Morgan fingerprint density at radius 1 is 1.10 bits per heavy atom. The van der Waals surface area contributed by atoms with Gasteiger partial charge < -0.3 is 9.84 Å². The zero-order valence-corrected chi connectivity index (χ0v) is 12.4. The van der Waals surface area contributed by atoms with Crippen molar-refractivity contribution >= 4 is 15.9 Å². The minimum atomic E-state index is -5.64. The molecule has 1 N–H and O–H groups in total. The van der Waals surface area contributed by atoms with Crippen molar-refractivity contribution in [3.05, 3.63) is 27.7 Å². The maximum atomic E-state index is 12.6. The van der Waals surface area contributed by atoms with Gasteiger partial charge in [0.05, 0.1) is 7.11 Å². The number of rotatable bonds is 3. The summed E-state index contributed by atoms with van der Waals surface area (Å²) in [5.74, 6) is -4.14. The van der Waals surface area contributed by atoms with Crippen LogP contribution in [-0.2, 0) is 0 Å². The normalized spacial score (nSPS) is 14.4. The molecule has 0 aliphatic rings. The third kappa shape index (κ3) is 4.03. The van der Waals surface area contributed by atoms with Crippen molar-refractivity contribution in [2.45, 2.75) is 25.4 Å². The van der Waals surface area contributed by atoms with E-state index in [0.717, 1.165) is 13.2 Å². The van der Waals surface area contributed by atoms with Gasteiger partial charge in [0.2, 0.25) is 0 Å². The van der Waals surface area contributed by atoms with Crippen molar-refractivity contribution in [1.29, 1.82) is 0 Å². The first-order valence-electron chi connectivity index (χ1n) is 5.55. The molecule has 1 aromatic rings. The SMILES string of the molecule is COc1cc(C)c(Br)cc1C(O)C(C(F)(F)F)C(F)(F)F. The standard InChI is InChI=1S/C12H11BrF6O2/c1-5-3-8(21-2)6(4-7(5)13)9(20)10(11(14,15)16)12(17,18)19/h3-4,9-10,20H,1-2H3. The summed E-state index contributed by atoms with van der Waals surface area (Å²) in [5.41, 5.74) is -0.0482. The van der Waals surface area contributed by atoms with E-state index in [2.05, 4.69) is 15.9 Å². The smallest absolute Gasteiger partial charge is 0.403 e. The first-order valence-corrected chi connectivity index (χ1v) is 6.34. The maximum Gasteiger partial charge on any atom is 0.403 e. The lowest BCUT2D eigenvalue weighted by molar-refractivity contribution is -0.307. The van der Waals surface area contributed by atoms with Crippen LogP contribution in [0.15, 0.2) is 16.6 Å². The molecule has 120 valence electrons. The Kier molecular flexibility index (Phi) is 5.20. The molecule has 0 saturated heterocycles. The van der Waals surface area contributed by atoms with Crippen molar-refractivity contribution in [3.8, 4) is 5.75 Å². The molecule has 1 unspecified atom stereocenters. The summed E-state index contributed by atoms with van der Waals surface area (Å²) < 4.78 is 80.8. The van der Waals surface area contributed by atoms with Gasteiger partial charge in [0.1, 0.15) is 11.9 Å². The van der Waals surface area contributed by atoms with E-state index in [4.69, 9.17) is 4.74 Å². The summed E-state index contributed by atoms with van der Waals surface area (Å²) in [4.78, 5) is 0. The number of halogens is 7. The van der Waals surface area contributed by atoms with Gasteiger partial charge in [-0.05, 0) is 24.6 Å². The third-order valence-electron chi connectivity index (χ3n) is 2.85. The first-order chi connectivity index (χ1) is 9.39. The number of aliphatic hydroxyl groups excluding tert-OH is 1. The van der Waals surface area contributed by atoms with Crippen LogP contribution in [-0.4, -0.2) is 24.6 Å². The van der Waals surface area contributed by atoms with Crippen LogP contribution in [0.1, 0.15) is 17.2 Å². The second-order valence-electron chi connectivity index (χ2n) is 4.35. The third-order valence-corrected chi connectivity index (χ3v) is 3.70. The molecule has 0 aliphatic carbocycles. The van der Waals surface area contributed by atoms with Crippen LogP contribution in [0.2, 0.25) is 0 Å². The molecule has 9 heteroatoms. The Labute approximate surface area is 124 Å². The van der Waals surface area contributed by atoms with Crippen LogP contribution in [0, 0.1) is 12.8 Å². The van der Waals surface area contributed by atoms with Crippen LogP contribution < -0.4 is 4.74 Å². The molecule has 0 spiro atoms. The highest BCUT2D eigenvalue weighted by molar-refractivity contribution is 9.10. The molecule has 0 aliphatic heterocycles. The Morgan fingerprint density at radius 2 is 1.57 bits per heavy atom. The Hall–Kier alpha value is -0.960. The Morgan fingerprint density at radius 3 is 1.95 bits per heavy atom. The predicted molar refractivity (Wildman–Crippen MR) is 66.0 cm³/mol. The van der Waals surface area contributed by atoms with E-state index in [-0.39, 0.29) is 10.2 Å². The molecule has 0 saturated carbocycles. The molecule has 1 aromatic carbocycles. The second kappa shape index (κ2) is 6.04. The topological polar surface area (TPSA) is 29.5 Å². The zero-order chi connectivity index (χ0) is 16.6. The quantitative estimate of drug-likeness (QED) is 0.780. The van der Waals surface area contributed by atoms with Crippen molar-refractivity contribution in [1.82, 2.24) is 0 Å². The highest BCUT2D eigenvalue weighted by Gasteiger charge is 2.60. The van der Waals surface area contributed by atoms with Crippen LogP contribution >= 0.6 is 15.9 Å². The molecule has 0 bridgehead atoms. The second-order valence-corrected chi connectivity index (χ2v) is 5.20. The molecule has 1 atom stereocenters. The van der Waals surface area contributed by atoms with Crippen molar-refractivity contribution in [2.75, 3.05) is 7.11 Å². The van der Waals surface area contributed by atoms with Gasteiger partial charge in [-0.1, -0.05) is 15.9 Å². The highest BCUT2D eigenvalue weighted by atomic mass is 79.9. The molecule has 2 nitrogen and oxygen atoms in total. The van der Waals surface area contributed by atoms with Crippen LogP contribution in [0.4, 0.5) is 26.3 Å². The molecule has 0 fully saturated rings. The average molecular weight is 381 g/mol. The molecule has 1 rings (SSSR count). The Balaban J connectivity index is 3.40. The summed E-state index contributed by atoms with van der Waals surface area (Å²) in [7, 11) is 1.09. The Bertz CT molecular complexity index is 498. The van der Waals surface area contributed by atoms with Gasteiger partial charge in [-0.15, -0.1) is 0 Å². The number of methoxy groups -OCH3 is 1. The molecule has 0 amide bonds. The fraction of sp³-hybridized carbons (Fsp3) is 0.500. The van der Waals surface area contributed by atoms with Crippen molar-refractivity contribution < 1.29 is 36.2 Å². The zero-order valence-electron chi connectivity index (χ0n) is 10.8. The van der Waals surface area contributed by atoms with E-state index in [9.17, 15) is 31.4 Å². The minimum absolute atomic E-state index is 0.248. The number of hydrogen-bond acceptors (Lipinski definition) is 2. The largest absolute Gasteiger partial charge is 0.496 e. The van der Waals surface area contributed by atoms with Crippen molar-refractivity contribution in [3.63, 3.8) is 0 Å². The summed E-state index contributed by atoms with van der Waals surface area (Å²) in [6, 6.07) is 2.23. The number of alkyl halides is 6. The van der Waals surface area contributed by atoms with Crippen LogP contribution in [0.5, 0.6) is 5.75 Å². The number of hydrogen-bond donors (Lipinski definition) is 1. The van der Waals surface area contributed by atoms with Gasteiger partial charge >= 0.3 is 12.4 Å². The number of benzene rings is 1. The van der Waals surface area contributed by atoms with Crippen LogP contribution in [0.3, 0.4) is 0 Å². The van der Waals surface area contributed by atoms with E-state index < -0.39 is 29.9 Å². The van der Waals surface area contributed by atoms with E-state index in [1.807, 2.05) is 0 Å². The monoisotopic (exact) mass is 380 g/mol. The predicted octanol–water partition coefficient (Wildman–Crippen LogP) is 4.54. The van der Waals surface area contributed by atoms with Gasteiger partial charge in [-0.2, -0.15) is 26.3 Å². The summed E-state index contributed by atoms with van der Waals surface area (Å²) in [6.07, 6.45) is -14.1. The molecule has 21 heavy (non-hydrogen) atoms. The lowest BCUT2D eigenvalue weighted by Gasteiger charge is -2.28. The van der Waals surface area contributed by atoms with Crippen LogP contribution in [0.25, 0.3) is 0 Å².